The van der Waals surface area contributed by atoms with Crippen LogP contribution in [0.3, 0.4) is 0 Å². The van der Waals surface area contributed by atoms with E-state index in [4.69, 9.17) is 33.7 Å². The van der Waals surface area contributed by atoms with E-state index in [1.54, 1.807) is 0 Å². The molecule has 3 rings (SSSR count). The Morgan fingerprint density at radius 3 is 2.90 bits per heavy atom. The summed E-state index contributed by atoms with van der Waals surface area (Å²) in [7, 11) is 0. The normalized spacial score (nSPS) is 28.4. The van der Waals surface area contributed by atoms with E-state index in [9.17, 15) is 0 Å². The Bertz CT molecular complexity index is 483. The number of morpholine rings is 1. The third-order valence-corrected chi connectivity index (χ3v) is 5.22. The summed E-state index contributed by atoms with van der Waals surface area (Å²) in [6.45, 7) is 2.31. The van der Waals surface area contributed by atoms with Crippen molar-refractivity contribution in [1.29, 1.82) is 0 Å². The smallest absolute Gasteiger partial charge is 0.0731 e. The monoisotopic (exact) mass is 314 g/mol. The van der Waals surface area contributed by atoms with Crippen molar-refractivity contribution < 1.29 is 4.74 Å². The van der Waals surface area contributed by atoms with Crippen molar-refractivity contribution in [3.63, 3.8) is 0 Å². The Hall–Kier alpha value is -0.320. The topological polar surface area (TPSA) is 38.5 Å². The molecular weight excluding hydrogens is 295 g/mol. The minimum Gasteiger partial charge on any atom is -0.375 e. The van der Waals surface area contributed by atoms with Crippen molar-refractivity contribution in [3.8, 4) is 0 Å². The molecule has 0 bridgehead atoms. The van der Waals surface area contributed by atoms with Crippen molar-refractivity contribution in [1.82, 2.24) is 4.90 Å². The molecule has 5 heteroatoms. The van der Waals surface area contributed by atoms with Crippen LogP contribution >= 0.6 is 23.2 Å². The largest absolute Gasteiger partial charge is 0.375 e. The predicted octanol–water partition coefficient (Wildman–Crippen LogP) is 3.25. The quantitative estimate of drug-likeness (QED) is 0.930. The first-order valence-electron chi connectivity index (χ1n) is 7.23. The van der Waals surface area contributed by atoms with E-state index in [-0.39, 0.29) is 6.04 Å². The van der Waals surface area contributed by atoms with Crippen LogP contribution in [0.2, 0.25) is 10.0 Å². The highest BCUT2D eigenvalue weighted by Gasteiger charge is 2.39. The maximum absolute atomic E-state index is 6.15. The van der Waals surface area contributed by atoms with E-state index in [0.29, 0.717) is 28.7 Å². The standard InChI is InChI=1S/C15H20Cl2N2O/c16-11-5-4-10(8-12(11)17)14(9-18)19-6-7-20-15-3-1-2-13(15)19/h4-5,8,13-15H,1-3,6-7,9,18H2. The first kappa shape index (κ1) is 14.6. The average molecular weight is 315 g/mol. The summed E-state index contributed by atoms with van der Waals surface area (Å²) < 4.78 is 5.88. The van der Waals surface area contributed by atoms with Gasteiger partial charge in [-0.2, -0.15) is 0 Å². The fraction of sp³-hybridized carbons (Fsp3) is 0.600. The second-order valence-electron chi connectivity index (χ2n) is 5.57. The van der Waals surface area contributed by atoms with E-state index in [1.165, 1.54) is 19.3 Å². The molecule has 1 aromatic rings. The second-order valence-corrected chi connectivity index (χ2v) is 6.38. The average Bonchev–Trinajstić information content (AvgIpc) is 2.93. The van der Waals surface area contributed by atoms with Gasteiger partial charge in [0.2, 0.25) is 0 Å². The minimum atomic E-state index is 0.194. The molecule has 110 valence electrons. The lowest BCUT2D eigenvalue weighted by Gasteiger charge is -2.42. The Kier molecular flexibility index (Phi) is 4.53. The number of hydrogen-bond donors (Lipinski definition) is 1. The molecule has 0 aromatic heterocycles. The maximum Gasteiger partial charge on any atom is 0.0731 e. The predicted molar refractivity (Wildman–Crippen MR) is 82.3 cm³/mol. The fourth-order valence-corrected chi connectivity index (χ4v) is 3.83. The molecule has 1 saturated carbocycles. The number of nitrogens with two attached hydrogens (primary N) is 1. The van der Waals surface area contributed by atoms with E-state index in [2.05, 4.69) is 4.90 Å². The zero-order valence-corrected chi connectivity index (χ0v) is 12.9. The molecule has 1 saturated heterocycles. The third-order valence-electron chi connectivity index (χ3n) is 4.48. The van der Waals surface area contributed by atoms with Gasteiger partial charge in [-0.05, 0) is 37.0 Å². The summed E-state index contributed by atoms with van der Waals surface area (Å²) in [6, 6.07) is 6.52. The van der Waals surface area contributed by atoms with Crippen LogP contribution in [-0.2, 0) is 4.74 Å². The van der Waals surface area contributed by atoms with Crippen LogP contribution in [0.4, 0.5) is 0 Å². The molecule has 0 amide bonds. The van der Waals surface area contributed by atoms with Crippen molar-refractivity contribution in [2.24, 2.45) is 5.73 Å². The van der Waals surface area contributed by atoms with Gasteiger partial charge in [0.25, 0.3) is 0 Å². The molecule has 3 atom stereocenters. The van der Waals surface area contributed by atoms with Crippen LogP contribution in [0.5, 0.6) is 0 Å². The Labute approximate surface area is 130 Å². The Morgan fingerprint density at radius 2 is 2.15 bits per heavy atom. The van der Waals surface area contributed by atoms with Crippen LogP contribution in [0.25, 0.3) is 0 Å². The van der Waals surface area contributed by atoms with Gasteiger partial charge in [-0.3, -0.25) is 4.90 Å². The Balaban J connectivity index is 1.86. The summed E-state index contributed by atoms with van der Waals surface area (Å²) in [4.78, 5) is 2.50. The van der Waals surface area contributed by atoms with Gasteiger partial charge in [0.1, 0.15) is 0 Å². The first-order valence-corrected chi connectivity index (χ1v) is 7.98. The third kappa shape index (κ3) is 2.70. The summed E-state index contributed by atoms with van der Waals surface area (Å²) in [5.41, 5.74) is 7.20. The van der Waals surface area contributed by atoms with Gasteiger partial charge >= 0.3 is 0 Å². The molecule has 0 spiro atoms. The number of rotatable bonds is 3. The molecule has 2 N–H and O–H groups in total. The van der Waals surface area contributed by atoms with E-state index >= 15 is 0 Å². The number of hydrogen-bond acceptors (Lipinski definition) is 3. The molecular formula is C15H20Cl2N2O. The van der Waals surface area contributed by atoms with Gasteiger partial charge in [-0.25, -0.2) is 0 Å². The maximum atomic E-state index is 6.15. The minimum absolute atomic E-state index is 0.194. The molecule has 1 aliphatic heterocycles. The highest BCUT2D eigenvalue weighted by molar-refractivity contribution is 6.42. The number of fused-ring (bicyclic) bond motifs is 1. The van der Waals surface area contributed by atoms with Crippen LogP contribution in [-0.4, -0.2) is 36.7 Å². The fourth-order valence-electron chi connectivity index (χ4n) is 3.53. The number of nitrogens with zero attached hydrogens (tertiary/aromatic N) is 1. The van der Waals surface area contributed by atoms with Crippen LogP contribution < -0.4 is 5.73 Å². The SMILES string of the molecule is NCC(c1ccc(Cl)c(Cl)c1)N1CCOC2CCCC21. The van der Waals surface area contributed by atoms with E-state index < -0.39 is 0 Å². The molecule has 1 aliphatic carbocycles. The summed E-state index contributed by atoms with van der Waals surface area (Å²) in [5, 5.41) is 1.19. The number of halogens is 2. The van der Waals surface area contributed by atoms with Crippen molar-refractivity contribution >= 4 is 23.2 Å². The second kappa shape index (κ2) is 6.20. The first-order chi connectivity index (χ1) is 9.70. The summed E-state index contributed by atoms with van der Waals surface area (Å²) in [6.07, 6.45) is 3.98. The highest BCUT2D eigenvalue weighted by Crippen LogP contribution is 2.36. The Morgan fingerprint density at radius 1 is 1.30 bits per heavy atom. The molecule has 20 heavy (non-hydrogen) atoms. The van der Waals surface area contributed by atoms with Gasteiger partial charge in [0, 0.05) is 25.2 Å². The zero-order valence-electron chi connectivity index (χ0n) is 11.4. The van der Waals surface area contributed by atoms with Crippen molar-refractivity contribution in [3.05, 3.63) is 33.8 Å². The molecule has 0 radical (unpaired) electrons. The van der Waals surface area contributed by atoms with Gasteiger partial charge in [0.15, 0.2) is 0 Å². The van der Waals surface area contributed by atoms with Crippen molar-refractivity contribution in [2.75, 3.05) is 19.7 Å². The van der Waals surface area contributed by atoms with Gasteiger partial charge in [-0.1, -0.05) is 29.3 Å². The van der Waals surface area contributed by atoms with Gasteiger partial charge in [0.05, 0.1) is 22.8 Å². The molecule has 2 fully saturated rings. The lowest BCUT2D eigenvalue weighted by Crippen LogP contribution is -2.51. The molecule has 3 nitrogen and oxygen atoms in total. The van der Waals surface area contributed by atoms with E-state index in [1.807, 2.05) is 18.2 Å². The van der Waals surface area contributed by atoms with Crippen molar-refractivity contribution in [2.45, 2.75) is 37.5 Å². The zero-order chi connectivity index (χ0) is 14.1. The highest BCUT2D eigenvalue weighted by atomic mass is 35.5. The summed E-state index contributed by atoms with van der Waals surface area (Å²) in [5.74, 6) is 0. The van der Waals surface area contributed by atoms with Crippen LogP contribution in [0.15, 0.2) is 18.2 Å². The van der Waals surface area contributed by atoms with Gasteiger partial charge < -0.3 is 10.5 Å². The molecule has 2 aliphatic rings. The van der Waals surface area contributed by atoms with Crippen LogP contribution in [0, 0.1) is 0 Å². The van der Waals surface area contributed by atoms with Crippen LogP contribution in [0.1, 0.15) is 30.9 Å². The van der Waals surface area contributed by atoms with Gasteiger partial charge in [-0.15, -0.1) is 0 Å². The number of ether oxygens (including phenoxy) is 1. The van der Waals surface area contributed by atoms with E-state index in [0.717, 1.165) is 18.7 Å². The lowest BCUT2D eigenvalue weighted by molar-refractivity contribution is -0.0711. The lowest BCUT2D eigenvalue weighted by atomic mass is 10.0. The summed E-state index contributed by atoms with van der Waals surface area (Å²) >= 11 is 12.2. The molecule has 1 heterocycles. The number of benzene rings is 1. The molecule has 3 unspecified atom stereocenters. The molecule has 1 aromatic carbocycles.